The van der Waals surface area contributed by atoms with Crippen LogP contribution in [0.2, 0.25) is 0 Å². The number of hydrogen-bond donors (Lipinski definition) is 1. The van der Waals surface area contributed by atoms with E-state index in [9.17, 15) is 0 Å². The first kappa shape index (κ1) is 19.8. The molecular weight excluding hydrogens is 344 g/mol. The lowest BCUT2D eigenvalue weighted by Crippen LogP contribution is -2.30. The molecule has 0 atom stereocenters. The molecule has 2 aromatic rings. The second-order valence-electron chi connectivity index (χ2n) is 7.90. The van der Waals surface area contributed by atoms with Gasteiger partial charge in [0.15, 0.2) is 5.82 Å². The van der Waals surface area contributed by atoms with Crippen molar-refractivity contribution in [3.63, 3.8) is 0 Å². The lowest BCUT2D eigenvalue weighted by atomic mass is 9.92. The van der Waals surface area contributed by atoms with Crippen molar-refractivity contribution in [1.82, 2.24) is 15.1 Å². The fourth-order valence-electron chi connectivity index (χ4n) is 2.89. The van der Waals surface area contributed by atoms with Crippen LogP contribution in [0.5, 0.6) is 5.88 Å². The molecule has 2 aliphatic rings. The number of ether oxygens (including phenoxy) is 2. The van der Waals surface area contributed by atoms with Crippen LogP contribution in [0, 0.1) is 12.8 Å². The quantitative estimate of drug-likeness (QED) is 0.857. The van der Waals surface area contributed by atoms with Crippen LogP contribution in [0.4, 0.5) is 0 Å². The second kappa shape index (κ2) is 8.80. The minimum absolute atomic E-state index is 0.502. The molecule has 148 valence electrons. The lowest BCUT2D eigenvalue weighted by molar-refractivity contribution is 0.0844. The van der Waals surface area contributed by atoms with E-state index in [1.165, 1.54) is 18.4 Å². The zero-order valence-electron chi connectivity index (χ0n) is 16.5. The molecule has 27 heavy (non-hydrogen) atoms. The summed E-state index contributed by atoms with van der Waals surface area (Å²) < 4.78 is 16.0. The molecule has 0 radical (unpaired) electrons. The van der Waals surface area contributed by atoms with Gasteiger partial charge in [0.05, 0.1) is 12.1 Å². The van der Waals surface area contributed by atoms with Crippen LogP contribution in [-0.4, -0.2) is 34.9 Å². The predicted molar refractivity (Wildman–Crippen MR) is 101 cm³/mol. The van der Waals surface area contributed by atoms with Gasteiger partial charge in [-0.05, 0) is 57.4 Å². The summed E-state index contributed by atoms with van der Waals surface area (Å²) in [6, 6.07) is 4.17. The minimum Gasteiger partial charge on any atom is -0.477 e. The first-order valence-corrected chi connectivity index (χ1v) is 9.68. The Morgan fingerprint density at radius 3 is 2.52 bits per heavy atom. The maximum atomic E-state index is 5.86. The van der Waals surface area contributed by atoms with Crippen molar-refractivity contribution >= 4 is 0 Å². The third-order valence-corrected chi connectivity index (χ3v) is 4.72. The topological polar surface area (TPSA) is 96.3 Å². The van der Waals surface area contributed by atoms with E-state index in [2.05, 4.69) is 21.2 Å². The van der Waals surface area contributed by atoms with Crippen molar-refractivity contribution in [3.05, 3.63) is 35.6 Å². The van der Waals surface area contributed by atoms with Crippen LogP contribution in [0.1, 0.15) is 62.7 Å². The van der Waals surface area contributed by atoms with Crippen LogP contribution in [0.3, 0.4) is 0 Å². The number of pyridine rings is 1. The van der Waals surface area contributed by atoms with E-state index in [0.717, 1.165) is 44.5 Å². The van der Waals surface area contributed by atoms with Gasteiger partial charge in [-0.15, -0.1) is 0 Å². The molecule has 7 heteroatoms. The van der Waals surface area contributed by atoms with Crippen molar-refractivity contribution < 1.29 is 14.0 Å². The third-order valence-electron chi connectivity index (χ3n) is 4.72. The fourth-order valence-corrected chi connectivity index (χ4v) is 2.89. The molecular formula is C20H30N4O3. The number of hydrogen-bond acceptors (Lipinski definition) is 7. The highest BCUT2D eigenvalue weighted by Crippen LogP contribution is 2.34. The molecule has 1 aliphatic carbocycles. The third kappa shape index (κ3) is 6.01. The normalized spacial score (nSPS) is 17.9. The summed E-state index contributed by atoms with van der Waals surface area (Å²) >= 11 is 0. The molecule has 0 aromatic carbocycles. The smallest absolute Gasteiger partial charge is 0.223 e. The Kier molecular flexibility index (Phi) is 6.44. The fraction of sp³-hybridized carbons (Fsp3) is 0.650. The average molecular weight is 374 g/mol. The van der Waals surface area contributed by atoms with E-state index < -0.39 is 5.54 Å². The summed E-state index contributed by atoms with van der Waals surface area (Å²) in [6.45, 7) is 7.97. The summed E-state index contributed by atoms with van der Waals surface area (Å²) in [4.78, 5) is 8.37. The molecule has 2 N–H and O–H groups in total. The number of rotatable bonds is 5. The maximum absolute atomic E-state index is 5.86. The van der Waals surface area contributed by atoms with Crippen LogP contribution in [0.25, 0.3) is 0 Å². The van der Waals surface area contributed by atoms with Gasteiger partial charge in [-0.25, -0.2) is 4.98 Å². The summed E-state index contributed by atoms with van der Waals surface area (Å²) in [5, 5.41) is 3.68. The van der Waals surface area contributed by atoms with Gasteiger partial charge in [-0.3, -0.25) is 0 Å². The molecule has 2 fully saturated rings. The van der Waals surface area contributed by atoms with Gasteiger partial charge in [0.1, 0.15) is 0 Å². The van der Waals surface area contributed by atoms with E-state index in [1.807, 2.05) is 26.1 Å². The van der Waals surface area contributed by atoms with Crippen molar-refractivity contribution in [3.8, 4) is 5.88 Å². The summed E-state index contributed by atoms with van der Waals surface area (Å²) in [7, 11) is 0. The molecule has 3 heterocycles. The van der Waals surface area contributed by atoms with E-state index in [1.54, 1.807) is 6.92 Å². The van der Waals surface area contributed by atoms with Crippen LogP contribution >= 0.6 is 0 Å². The molecule has 1 aliphatic heterocycles. The van der Waals surface area contributed by atoms with Gasteiger partial charge in [-0.1, -0.05) is 11.2 Å². The van der Waals surface area contributed by atoms with Gasteiger partial charge in [0, 0.05) is 31.9 Å². The van der Waals surface area contributed by atoms with Gasteiger partial charge >= 0.3 is 0 Å². The largest absolute Gasteiger partial charge is 0.477 e. The Morgan fingerprint density at radius 1 is 1.22 bits per heavy atom. The van der Waals surface area contributed by atoms with Crippen LogP contribution in [-0.2, 0) is 10.3 Å². The van der Waals surface area contributed by atoms with Crippen molar-refractivity contribution in [2.75, 3.05) is 19.8 Å². The summed E-state index contributed by atoms with van der Waals surface area (Å²) in [5.74, 6) is 3.29. The monoisotopic (exact) mass is 374 g/mol. The Morgan fingerprint density at radius 2 is 1.96 bits per heavy atom. The van der Waals surface area contributed by atoms with E-state index in [4.69, 9.17) is 19.7 Å². The number of nitrogens with zero attached hydrogens (tertiary/aromatic N) is 3. The van der Waals surface area contributed by atoms with Crippen LogP contribution in [0.15, 0.2) is 22.9 Å². The van der Waals surface area contributed by atoms with Crippen molar-refractivity contribution in [2.45, 2.75) is 57.9 Å². The lowest BCUT2D eigenvalue weighted by Gasteiger charge is -2.23. The van der Waals surface area contributed by atoms with Crippen molar-refractivity contribution in [2.24, 2.45) is 11.7 Å². The molecule has 0 amide bonds. The highest BCUT2D eigenvalue weighted by molar-refractivity contribution is 5.29. The molecule has 0 unspecified atom stereocenters. The molecule has 0 spiro atoms. The highest BCUT2D eigenvalue weighted by Gasteiger charge is 2.24. The molecule has 2 aromatic heterocycles. The minimum atomic E-state index is -0.502. The molecule has 1 saturated carbocycles. The molecule has 1 saturated heterocycles. The zero-order chi connectivity index (χ0) is 19.3. The number of aryl methyl sites for hydroxylation is 1. The predicted octanol–water partition coefficient (Wildman–Crippen LogP) is 3.34. The molecule has 4 rings (SSSR count). The Hall–Kier alpha value is -1.99. The Balaban J connectivity index is 0.000000180. The van der Waals surface area contributed by atoms with Crippen molar-refractivity contribution in [1.29, 1.82) is 0 Å². The van der Waals surface area contributed by atoms with Gasteiger partial charge < -0.3 is 19.7 Å². The highest BCUT2D eigenvalue weighted by atomic mass is 16.5. The first-order valence-electron chi connectivity index (χ1n) is 9.68. The zero-order valence-corrected chi connectivity index (χ0v) is 16.5. The first-order chi connectivity index (χ1) is 12.9. The van der Waals surface area contributed by atoms with Crippen LogP contribution < -0.4 is 10.5 Å². The van der Waals surface area contributed by atoms with E-state index in [-0.39, 0.29) is 0 Å². The van der Waals surface area contributed by atoms with Gasteiger partial charge in [-0.2, -0.15) is 4.98 Å². The van der Waals surface area contributed by atoms with Gasteiger partial charge in [0.25, 0.3) is 0 Å². The standard InChI is InChI=1S/C14H19NO2.C6H11N3O/c1-2-13(12-5-8-16-9-6-12)14(15-7-1)17-10-11-3-4-11;1-4-8-5(9-10-4)6(2,3)7/h1-2,7,11-12H,3-6,8-10H2;7H2,1-3H3. The molecule has 7 nitrogen and oxygen atoms in total. The average Bonchev–Trinajstić information content (AvgIpc) is 3.39. The maximum Gasteiger partial charge on any atom is 0.223 e. The summed E-state index contributed by atoms with van der Waals surface area (Å²) in [5.41, 5.74) is 6.46. The Labute approximate surface area is 160 Å². The van der Waals surface area contributed by atoms with E-state index >= 15 is 0 Å². The summed E-state index contributed by atoms with van der Waals surface area (Å²) in [6.07, 6.45) is 6.64. The second-order valence-corrected chi connectivity index (χ2v) is 7.90. The Bertz CT molecular complexity index is 716. The van der Waals surface area contributed by atoms with E-state index in [0.29, 0.717) is 17.6 Å². The molecule has 0 bridgehead atoms. The van der Waals surface area contributed by atoms with Gasteiger partial charge in [0.2, 0.25) is 11.8 Å². The number of aromatic nitrogens is 3. The SMILES string of the molecule is Cc1nc(C(C)(C)N)no1.c1cnc(OCC2CC2)c(C2CCOCC2)c1. The number of nitrogens with two attached hydrogens (primary N) is 1.